The Hall–Kier alpha value is -3.44. The van der Waals surface area contributed by atoms with Crippen molar-refractivity contribution in [3.05, 3.63) is 47.8 Å². The van der Waals surface area contributed by atoms with Gasteiger partial charge >= 0.3 is 0 Å². The van der Waals surface area contributed by atoms with Crippen LogP contribution in [0.3, 0.4) is 0 Å². The fourth-order valence-corrected chi connectivity index (χ4v) is 5.41. The summed E-state index contributed by atoms with van der Waals surface area (Å²) in [6.07, 6.45) is 3.97. The summed E-state index contributed by atoms with van der Waals surface area (Å²) in [5.74, 6) is 0.710. The van der Waals surface area contributed by atoms with Crippen LogP contribution < -0.4 is 16.0 Å². The molecule has 1 saturated carbocycles. The summed E-state index contributed by atoms with van der Waals surface area (Å²) < 4.78 is 16.9. The summed E-state index contributed by atoms with van der Waals surface area (Å²) in [4.78, 5) is 17.2. The molecule has 1 aromatic heterocycles. The number of nitriles is 1. The fourth-order valence-electron chi connectivity index (χ4n) is 5.41. The summed E-state index contributed by atoms with van der Waals surface area (Å²) in [7, 11) is 3.77. The Morgan fingerprint density at radius 1 is 1.29 bits per heavy atom. The largest absolute Gasteiger partial charge is 0.359 e. The highest BCUT2D eigenvalue weighted by Gasteiger charge is 2.43. The van der Waals surface area contributed by atoms with Crippen LogP contribution in [0.2, 0.25) is 0 Å². The number of nitrogens with one attached hydrogen (secondary N) is 3. The van der Waals surface area contributed by atoms with Crippen molar-refractivity contribution in [3.63, 3.8) is 0 Å². The van der Waals surface area contributed by atoms with Gasteiger partial charge in [0.15, 0.2) is 0 Å². The molecule has 0 spiro atoms. The van der Waals surface area contributed by atoms with Crippen LogP contribution in [0, 0.1) is 23.1 Å². The number of anilines is 1. The molecular weight excluding hydrogens is 431 g/mol. The third-order valence-electron chi connectivity index (χ3n) is 7.31. The number of carbonyl (C=O) groups is 1. The second kappa shape index (κ2) is 9.07. The summed E-state index contributed by atoms with van der Waals surface area (Å²) in [5.41, 5.74) is 4.03. The van der Waals surface area contributed by atoms with Gasteiger partial charge in [-0.05, 0) is 72.9 Å². The van der Waals surface area contributed by atoms with Gasteiger partial charge in [-0.25, -0.2) is 9.37 Å². The zero-order valence-corrected chi connectivity index (χ0v) is 19.4. The van der Waals surface area contributed by atoms with E-state index in [1.54, 1.807) is 6.07 Å². The smallest absolute Gasteiger partial charge is 0.238 e. The monoisotopic (exact) mass is 460 g/mol. The maximum atomic E-state index is 14.9. The third-order valence-corrected chi connectivity index (χ3v) is 7.31. The second-order valence-electron chi connectivity index (χ2n) is 9.40. The lowest BCUT2D eigenvalue weighted by atomic mass is 9.98. The van der Waals surface area contributed by atoms with Crippen molar-refractivity contribution >= 4 is 22.9 Å². The Bertz CT molecular complexity index is 1280. The lowest BCUT2D eigenvalue weighted by Gasteiger charge is -2.23. The summed E-state index contributed by atoms with van der Waals surface area (Å²) in [6, 6.07) is 12.8. The average Bonchev–Trinajstić information content (AvgIpc) is 3.56. The molecule has 3 aromatic rings. The van der Waals surface area contributed by atoms with Gasteiger partial charge in [-0.15, -0.1) is 0 Å². The Morgan fingerprint density at radius 3 is 2.76 bits per heavy atom. The van der Waals surface area contributed by atoms with Crippen LogP contribution in [0.15, 0.2) is 36.4 Å². The standard InChI is InChI=1S/C26H29FN6O/c1-29-26-32-22-13-17(7-10-23(22)33(26)2)16-4-3-15(21(27)12-16)5-9-20(14-28)31-25(34)24-18-6-8-19(11-18)30-24/h3-4,7,10,12-13,18-20,24,30H,5-6,8-9,11H2,1-2H3,(H,29,32)(H,31,34). The van der Waals surface area contributed by atoms with Gasteiger partial charge in [-0.1, -0.05) is 18.2 Å². The normalized spacial score (nSPS) is 22.0. The van der Waals surface area contributed by atoms with Crippen LogP contribution in [0.5, 0.6) is 0 Å². The number of aromatic nitrogens is 2. The molecule has 1 saturated heterocycles. The molecule has 1 amide bonds. The van der Waals surface area contributed by atoms with E-state index in [9.17, 15) is 14.4 Å². The van der Waals surface area contributed by atoms with Gasteiger partial charge < -0.3 is 20.5 Å². The fraction of sp³-hybridized carbons (Fsp3) is 0.423. The van der Waals surface area contributed by atoms with E-state index in [4.69, 9.17) is 0 Å². The van der Waals surface area contributed by atoms with Gasteiger partial charge in [0.1, 0.15) is 11.9 Å². The number of amides is 1. The first-order chi connectivity index (χ1) is 16.5. The lowest BCUT2D eigenvalue weighted by molar-refractivity contribution is -0.124. The first kappa shape index (κ1) is 22.4. The molecule has 2 aliphatic rings. The highest BCUT2D eigenvalue weighted by Crippen LogP contribution is 2.35. The first-order valence-electron chi connectivity index (χ1n) is 11.9. The minimum atomic E-state index is -0.638. The van der Waals surface area contributed by atoms with Crippen LogP contribution in [0.25, 0.3) is 22.2 Å². The molecule has 4 atom stereocenters. The SMILES string of the molecule is CNc1nc2cc(-c3ccc(CCC(C#N)NC(=O)C4NC5CCC4C5)c(F)c3)ccc2n1C. The van der Waals surface area contributed by atoms with E-state index in [0.29, 0.717) is 30.4 Å². The predicted octanol–water partition coefficient (Wildman–Crippen LogP) is 3.50. The molecule has 0 radical (unpaired) electrons. The molecule has 2 aromatic carbocycles. The number of benzene rings is 2. The van der Waals surface area contributed by atoms with E-state index >= 15 is 0 Å². The van der Waals surface area contributed by atoms with Gasteiger partial charge in [-0.3, -0.25) is 4.79 Å². The van der Waals surface area contributed by atoms with Crippen molar-refractivity contribution in [1.82, 2.24) is 20.2 Å². The van der Waals surface area contributed by atoms with Crippen molar-refractivity contribution in [1.29, 1.82) is 5.26 Å². The quantitative estimate of drug-likeness (QED) is 0.502. The minimum Gasteiger partial charge on any atom is -0.359 e. The van der Waals surface area contributed by atoms with Gasteiger partial charge in [0.2, 0.25) is 11.9 Å². The number of rotatable bonds is 7. The van der Waals surface area contributed by atoms with Crippen LogP contribution in [0.4, 0.5) is 10.3 Å². The Labute approximate surface area is 198 Å². The van der Waals surface area contributed by atoms with E-state index in [1.165, 1.54) is 6.07 Å². The summed E-state index contributed by atoms with van der Waals surface area (Å²) in [5, 5.41) is 18.8. The van der Waals surface area contributed by atoms with E-state index in [-0.39, 0.29) is 17.8 Å². The van der Waals surface area contributed by atoms with Crippen LogP contribution in [-0.4, -0.2) is 40.6 Å². The maximum absolute atomic E-state index is 14.9. The van der Waals surface area contributed by atoms with Crippen molar-refractivity contribution < 1.29 is 9.18 Å². The maximum Gasteiger partial charge on any atom is 0.238 e. The summed E-state index contributed by atoms with van der Waals surface area (Å²) in [6.45, 7) is 0. The van der Waals surface area contributed by atoms with Crippen LogP contribution >= 0.6 is 0 Å². The summed E-state index contributed by atoms with van der Waals surface area (Å²) >= 11 is 0. The number of aryl methyl sites for hydroxylation is 2. The number of hydrogen-bond donors (Lipinski definition) is 3. The van der Waals surface area contributed by atoms with Gasteiger partial charge in [0, 0.05) is 20.1 Å². The molecule has 2 heterocycles. The highest BCUT2D eigenvalue weighted by molar-refractivity contribution is 5.84. The lowest BCUT2D eigenvalue weighted by Crippen LogP contribution is -2.50. The average molecular weight is 461 g/mol. The van der Waals surface area contributed by atoms with Crippen LogP contribution in [-0.2, 0) is 18.3 Å². The third kappa shape index (κ3) is 4.12. The Morgan fingerprint density at radius 2 is 2.09 bits per heavy atom. The molecule has 8 heteroatoms. The van der Waals surface area contributed by atoms with E-state index < -0.39 is 6.04 Å². The molecule has 5 rings (SSSR count). The van der Waals surface area contributed by atoms with E-state index in [1.807, 2.05) is 42.9 Å². The second-order valence-corrected chi connectivity index (χ2v) is 9.40. The number of carbonyl (C=O) groups excluding carboxylic acids is 1. The molecule has 34 heavy (non-hydrogen) atoms. The Balaban J connectivity index is 1.24. The Kier molecular flexibility index (Phi) is 5.96. The van der Waals surface area contributed by atoms with E-state index in [0.717, 1.165) is 47.4 Å². The van der Waals surface area contributed by atoms with Crippen molar-refractivity contribution in [2.75, 3.05) is 12.4 Å². The van der Waals surface area contributed by atoms with E-state index in [2.05, 4.69) is 27.0 Å². The first-order valence-corrected chi connectivity index (χ1v) is 11.9. The molecule has 7 nitrogen and oxygen atoms in total. The number of imidazole rings is 1. The van der Waals surface area contributed by atoms with Gasteiger partial charge in [0.25, 0.3) is 0 Å². The van der Waals surface area contributed by atoms with Crippen molar-refractivity contribution in [2.45, 2.75) is 50.2 Å². The molecule has 4 unspecified atom stereocenters. The molecule has 3 N–H and O–H groups in total. The highest BCUT2D eigenvalue weighted by atomic mass is 19.1. The number of nitrogens with zero attached hydrogens (tertiary/aromatic N) is 3. The van der Waals surface area contributed by atoms with Crippen molar-refractivity contribution in [3.8, 4) is 17.2 Å². The minimum absolute atomic E-state index is 0.110. The molecule has 2 bridgehead atoms. The van der Waals surface area contributed by atoms with Gasteiger partial charge in [-0.2, -0.15) is 5.26 Å². The topological polar surface area (TPSA) is 94.8 Å². The molecule has 1 aliphatic carbocycles. The number of halogens is 1. The molecular formula is C26H29FN6O. The number of piperidine rings is 1. The zero-order chi connectivity index (χ0) is 23.8. The number of fused-ring (bicyclic) bond motifs is 3. The number of hydrogen-bond acceptors (Lipinski definition) is 5. The van der Waals surface area contributed by atoms with Crippen LogP contribution in [0.1, 0.15) is 31.2 Å². The van der Waals surface area contributed by atoms with Gasteiger partial charge in [0.05, 0.1) is 23.1 Å². The van der Waals surface area contributed by atoms with Crippen molar-refractivity contribution in [2.24, 2.45) is 13.0 Å². The predicted molar refractivity (Wildman–Crippen MR) is 130 cm³/mol. The zero-order valence-electron chi connectivity index (χ0n) is 19.4. The molecule has 1 aliphatic heterocycles. The molecule has 176 valence electrons. The molecule has 2 fully saturated rings.